The number of halogens is 1. The highest BCUT2D eigenvalue weighted by molar-refractivity contribution is 6.30. The van der Waals surface area contributed by atoms with Gasteiger partial charge in [-0.25, -0.2) is 0 Å². The van der Waals surface area contributed by atoms with Crippen LogP contribution in [0, 0.1) is 0 Å². The third-order valence-corrected chi connectivity index (χ3v) is 5.47. The number of carbonyl (C=O) groups excluding carboxylic acids is 1. The Morgan fingerprint density at radius 1 is 1.00 bits per heavy atom. The van der Waals surface area contributed by atoms with Crippen LogP contribution < -0.4 is 9.64 Å². The van der Waals surface area contributed by atoms with E-state index in [0.29, 0.717) is 13.1 Å². The molecule has 0 bridgehead atoms. The highest BCUT2D eigenvalue weighted by Crippen LogP contribution is 2.26. The maximum Gasteiger partial charge on any atom is 0.260 e. The molecule has 0 N–H and O–H groups in total. The lowest BCUT2D eigenvalue weighted by atomic mass is 10.1. The van der Waals surface area contributed by atoms with E-state index >= 15 is 0 Å². The lowest BCUT2D eigenvalue weighted by molar-refractivity contribution is -0.133. The molecule has 1 aliphatic heterocycles. The summed E-state index contributed by atoms with van der Waals surface area (Å²) in [6.45, 7) is 3.14. The zero-order chi connectivity index (χ0) is 17.9. The van der Waals surface area contributed by atoms with Gasteiger partial charge in [0.1, 0.15) is 5.75 Å². The standard InChI is InChI=1S/C21H23ClN2O2/c22-18-5-2-6-19(14-18)23-9-11-24(12-10-23)21(25)15-26-20-8-7-16-3-1-4-17(16)13-20/h2,5-8,13-14H,1,3-4,9-12,15H2. The fraction of sp³-hybridized carbons (Fsp3) is 0.381. The molecule has 26 heavy (non-hydrogen) atoms. The van der Waals surface area contributed by atoms with Crippen LogP contribution in [0.5, 0.6) is 5.75 Å². The molecule has 1 amide bonds. The second-order valence-corrected chi connectivity index (χ2v) is 7.36. The quantitative estimate of drug-likeness (QED) is 0.825. The molecule has 1 saturated heterocycles. The van der Waals surface area contributed by atoms with Gasteiger partial charge in [-0.1, -0.05) is 23.7 Å². The molecule has 0 aromatic heterocycles. The van der Waals surface area contributed by atoms with Crippen LogP contribution in [0.15, 0.2) is 42.5 Å². The van der Waals surface area contributed by atoms with Gasteiger partial charge in [0.25, 0.3) is 5.91 Å². The minimum absolute atomic E-state index is 0.0521. The second-order valence-electron chi connectivity index (χ2n) is 6.92. The number of amides is 1. The van der Waals surface area contributed by atoms with Gasteiger partial charge < -0.3 is 14.5 Å². The molecule has 0 spiro atoms. The Bertz CT molecular complexity index is 800. The molecule has 2 aliphatic rings. The van der Waals surface area contributed by atoms with Crippen molar-refractivity contribution in [2.75, 3.05) is 37.7 Å². The molecule has 5 heteroatoms. The maximum atomic E-state index is 12.5. The number of rotatable bonds is 4. The molecule has 2 aromatic carbocycles. The fourth-order valence-electron chi connectivity index (χ4n) is 3.76. The van der Waals surface area contributed by atoms with Gasteiger partial charge in [0.15, 0.2) is 6.61 Å². The topological polar surface area (TPSA) is 32.8 Å². The summed E-state index contributed by atoms with van der Waals surface area (Å²) < 4.78 is 5.75. The number of ether oxygens (including phenoxy) is 1. The maximum absolute atomic E-state index is 12.5. The van der Waals surface area contributed by atoms with Gasteiger partial charge in [0.2, 0.25) is 0 Å². The fourth-order valence-corrected chi connectivity index (χ4v) is 3.95. The van der Waals surface area contributed by atoms with Crippen molar-refractivity contribution in [2.45, 2.75) is 19.3 Å². The Balaban J connectivity index is 1.28. The van der Waals surface area contributed by atoms with Crippen LogP contribution in [0.2, 0.25) is 5.02 Å². The Kier molecular flexibility index (Phi) is 5.02. The summed E-state index contributed by atoms with van der Waals surface area (Å²) in [5.41, 5.74) is 3.89. The Morgan fingerprint density at radius 2 is 1.81 bits per heavy atom. The number of carbonyl (C=O) groups is 1. The van der Waals surface area contributed by atoms with E-state index in [0.717, 1.165) is 42.4 Å². The van der Waals surface area contributed by atoms with E-state index in [2.05, 4.69) is 23.1 Å². The third kappa shape index (κ3) is 3.80. The first kappa shape index (κ1) is 17.2. The van der Waals surface area contributed by atoms with Crippen molar-refractivity contribution in [3.63, 3.8) is 0 Å². The zero-order valence-electron chi connectivity index (χ0n) is 14.8. The van der Waals surface area contributed by atoms with E-state index in [4.69, 9.17) is 16.3 Å². The van der Waals surface area contributed by atoms with Crippen LogP contribution in [0.1, 0.15) is 17.5 Å². The largest absolute Gasteiger partial charge is 0.484 e. The van der Waals surface area contributed by atoms with Gasteiger partial charge in [0.05, 0.1) is 0 Å². The van der Waals surface area contributed by atoms with E-state index in [-0.39, 0.29) is 12.5 Å². The summed E-state index contributed by atoms with van der Waals surface area (Å²) in [4.78, 5) is 16.6. The normalized spacial score (nSPS) is 16.5. The van der Waals surface area contributed by atoms with Crippen molar-refractivity contribution < 1.29 is 9.53 Å². The average Bonchev–Trinajstić information content (AvgIpc) is 3.14. The van der Waals surface area contributed by atoms with E-state index in [9.17, 15) is 4.79 Å². The second kappa shape index (κ2) is 7.58. The Morgan fingerprint density at radius 3 is 2.62 bits per heavy atom. The van der Waals surface area contributed by atoms with Gasteiger partial charge in [-0.2, -0.15) is 0 Å². The molecule has 4 rings (SSSR count). The zero-order valence-corrected chi connectivity index (χ0v) is 15.5. The van der Waals surface area contributed by atoms with Gasteiger partial charge in [0, 0.05) is 36.9 Å². The summed E-state index contributed by atoms with van der Waals surface area (Å²) in [5.74, 6) is 0.854. The molecule has 1 fully saturated rings. The minimum atomic E-state index is 0.0521. The van der Waals surface area contributed by atoms with Gasteiger partial charge in [-0.3, -0.25) is 4.79 Å². The molecular weight excluding hydrogens is 348 g/mol. The number of hydrogen-bond acceptors (Lipinski definition) is 3. The first-order valence-corrected chi connectivity index (χ1v) is 9.60. The van der Waals surface area contributed by atoms with Gasteiger partial charge in [-0.15, -0.1) is 0 Å². The number of hydrogen-bond donors (Lipinski definition) is 0. The van der Waals surface area contributed by atoms with E-state index in [1.807, 2.05) is 29.2 Å². The summed E-state index contributed by atoms with van der Waals surface area (Å²) in [6.07, 6.45) is 3.49. The van der Waals surface area contributed by atoms with E-state index in [1.54, 1.807) is 0 Å². The molecule has 0 unspecified atom stereocenters. The molecule has 4 nitrogen and oxygen atoms in total. The summed E-state index contributed by atoms with van der Waals surface area (Å²) in [6, 6.07) is 14.1. The summed E-state index contributed by atoms with van der Waals surface area (Å²) in [7, 11) is 0. The first-order valence-electron chi connectivity index (χ1n) is 9.22. The number of fused-ring (bicyclic) bond motifs is 1. The highest BCUT2D eigenvalue weighted by atomic mass is 35.5. The number of aryl methyl sites for hydroxylation is 2. The van der Waals surface area contributed by atoms with Crippen LogP contribution in [-0.2, 0) is 17.6 Å². The average molecular weight is 371 g/mol. The molecule has 1 heterocycles. The summed E-state index contributed by atoms with van der Waals surface area (Å²) in [5, 5.41) is 0.740. The minimum Gasteiger partial charge on any atom is -0.484 e. The predicted molar refractivity (Wildman–Crippen MR) is 104 cm³/mol. The van der Waals surface area contributed by atoms with Crippen molar-refractivity contribution >= 4 is 23.2 Å². The number of anilines is 1. The lowest BCUT2D eigenvalue weighted by Crippen LogP contribution is -2.50. The molecule has 136 valence electrons. The lowest BCUT2D eigenvalue weighted by Gasteiger charge is -2.36. The number of benzene rings is 2. The van der Waals surface area contributed by atoms with Gasteiger partial charge in [-0.05, 0) is 60.7 Å². The molecule has 0 radical (unpaired) electrons. The Hall–Kier alpha value is -2.20. The molecule has 0 saturated carbocycles. The number of piperazine rings is 1. The van der Waals surface area contributed by atoms with Crippen molar-refractivity contribution in [1.29, 1.82) is 0 Å². The van der Waals surface area contributed by atoms with Crippen LogP contribution in [0.3, 0.4) is 0 Å². The Labute approximate surface area is 159 Å². The number of nitrogens with zero attached hydrogens (tertiary/aromatic N) is 2. The monoisotopic (exact) mass is 370 g/mol. The van der Waals surface area contributed by atoms with E-state index < -0.39 is 0 Å². The van der Waals surface area contributed by atoms with Gasteiger partial charge >= 0.3 is 0 Å². The van der Waals surface area contributed by atoms with E-state index in [1.165, 1.54) is 17.5 Å². The molecule has 1 aliphatic carbocycles. The van der Waals surface area contributed by atoms with Crippen LogP contribution in [0.25, 0.3) is 0 Å². The van der Waals surface area contributed by atoms with Crippen molar-refractivity contribution in [3.8, 4) is 5.75 Å². The van der Waals surface area contributed by atoms with Crippen molar-refractivity contribution in [2.24, 2.45) is 0 Å². The molecule has 0 atom stereocenters. The predicted octanol–water partition coefficient (Wildman–Crippen LogP) is 3.56. The third-order valence-electron chi connectivity index (χ3n) is 5.24. The summed E-state index contributed by atoms with van der Waals surface area (Å²) >= 11 is 6.07. The van der Waals surface area contributed by atoms with Crippen molar-refractivity contribution in [1.82, 2.24) is 4.90 Å². The molecular formula is C21H23ClN2O2. The van der Waals surface area contributed by atoms with Crippen LogP contribution in [0.4, 0.5) is 5.69 Å². The van der Waals surface area contributed by atoms with Crippen LogP contribution >= 0.6 is 11.6 Å². The first-order chi connectivity index (χ1) is 12.7. The van der Waals surface area contributed by atoms with Crippen molar-refractivity contribution in [3.05, 3.63) is 58.6 Å². The smallest absolute Gasteiger partial charge is 0.260 e. The SMILES string of the molecule is O=C(COc1ccc2c(c1)CCC2)N1CCN(c2cccc(Cl)c2)CC1. The highest BCUT2D eigenvalue weighted by Gasteiger charge is 2.22. The van der Waals surface area contributed by atoms with Crippen LogP contribution in [-0.4, -0.2) is 43.6 Å². The molecule has 2 aromatic rings.